The number of sulfonamides is 1. The summed E-state index contributed by atoms with van der Waals surface area (Å²) in [5.74, 6) is 0.107. The van der Waals surface area contributed by atoms with Crippen molar-refractivity contribution in [2.45, 2.75) is 45.4 Å². The number of unbranched alkanes of at least 4 members (excludes halogenated alkanes) is 1. The smallest absolute Gasteiger partial charge is 0.286 e. The molecule has 1 heterocycles. The second-order valence-corrected chi connectivity index (χ2v) is 8.59. The number of nitrogens with zero attached hydrogens (tertiary/aromatic N) is 2. The minimum atomic E-state index is -3.83. The van der Waals surface area contributed by atoms with E-state index in [9.17, 15) is 13.2 Å². The molecule has 3 rings (SSSR count). The second-order valence-electron chi connectivity index (χ2n) is 7.02. The zero-order chi connectivity index (χ0) is 20.5. The predicted octanol–water partition coefficient (Wildman–Crippen LogP) is 4.28. The molecule has 0 radical (unpaired) electrons. The molecule has 148 valence electrons. The summed E-state index contributed by atoms with van der Waals surface area (Å²) in [7, 11) is -3.83. The molecule has 0 aliphatic carbocycles. The number of aryl methyl sites for hydroxylation is 2. The van der Waals surface area contributed by atoms with Crippen LogP contribution in [-0.4, -0.2) is 26.7 Å². The fraction of sp³-hybridized carbons (Fsp3) is 0.333. The van der Waals surface area contributed by atoms with Crippen LogP contribution >= 0.6 is 0 Å². The average molecular weight is 400 g/mol. The number of carbonyl (C=O) groups is 1. The summed E-state index contributed by atoms with van der Waals surface area (Å²) < 4.78 is 29.1. The minimum Gasteiger partial charge on any atom is -0.328 e. The lowest BCUT2D eigenvalue weighted by molar-refractivity contribution is 0.102. The highest BCUT2D eigenvalue weighted by molar-refractivity contribution is 7.90. The highest BCUT2D eigenvalue weighted by Crippen LogP contribution is 2.33. The summed E-state index contributed by atoms with van der Waals surface area (Å²) in [6.07, 6.45) is 1.91. The van der Waals surface area contributed by atoms with Crippen molar-refractivity contribution in [3.8, 4) is 0 Å². The first-order valence-electron chi connectivity index (χ1n) is 9.35. The van der Waals surface area contributed by atoms with Crippen molar-refractivity contribution in [2.24, 2.45) is 4.40 Å². The Labute approximate surface area is 166 Å². The number of hydrogen-bond donors (Lipinski definition) is 1. The molecule has 1 aliphatic heterocycles. The van der Waals surface area contributed by atoms with Gasteiger partial charge in [0.15, 0.2) is 0 Å². The van der Waals surface area contributed by atoms with Crippen LogP contribution in [0.5, 0.6) is 0 Å². The Hall–Kier alpha value is -2.67. The number of amidine groups is 1. The number of nitrogens with one attached hydrogen (secondary N) is 1. The number of carbonyl (C=O) groups excluding carboxylic acids is 1. The molecule has 0 fully saturated rings. The molecule has 0 saturated carbocycles. The van der Waals surface area contributed by atoms with E-state index in [2.05, 4.69) is 16.6 Å². The third-order valence-corrected chi connectivity index (χ3v) is 6.28. The second kappa shape index (κ2) is 7.75. The van der Waals surface area contributed by atoms with Gasteiger partial charge in [0.25, 0.3) is 15.9 Å². The molecule has 0 unspecified atom stereocenters. The molecule has 6 nitrogen and oxygen atoms in total. The zero-order valence-corrected chi connectivity index (χ0v) is 17.4. The van der Waals surface area contributed by atoms with Crippen LogP contribution < -0.4 is 10.2 Å². The van der Waals surface area contributed by atoms with Crippen LogP contribution in [0.2, 0.25) is 0 Å². The Morgan fingerprint density at radius 3 is 2.43 bits per heavy atom. The number of benzene rings is 2. The number of fused-ring (bicyclic) bond motifs is 1. The highest BCUT2D eigenvalue weighted by Gasteiger charge is 2.29. The molecule has 0 bridgehead atoms. The van der Waals surface area contributed by atoms with Crippen LogP contribution in [0.25, 0.3) is 0 Å². The highest BCUT2D eigenvalue weighted by atomic mass is 32.2. The van der Waals surface area contributed by atoms with Gasteiger partial charge in [-0.1, -0.05) is 31.5 Å². The van der Waals surface area contributed by atoms with Gasteiger partial charge >= 0.3 is 0 Å². The summed E-state index contributed by atoms with van der Waals surface area (Å²) in [6, 6.07) is 10.5. The van der Waals surface area contributed by atoms with Crippen molar-refractivity contribution in [1.82, 2.24) is 0 Å². The lowest BCUT2D eigenvalue weighted by Gasteiger charge is -2.29. The van der Waals surface area contributed by atoms with Crippen molar-refractivity contribution in [2.75, 3.05) is 16.8 Å². The van der Waals surface area contributed by atoms with Gasteiger partial charge in [0.1, 0.15) is 10.7 Å². The summed E-state index contributed by atoms with van der Waals surface area (Å²) in [4.78, 5) is 14.7. The monoisotopic (exact) mass is 399 g/mol. The van der Waals surface area contributed by atoms with Crippen molar-refractivity contribution >= 4 is 33.1 Å². The molecule has 2 aromatic rings. The first kappa shape index (κ1) is 20.1. The first-order chi connectivity index (χ1) is 13.2. The molecule has 0 spiro atoms. The van der Waals surface area contributed by atoms with Gasteiger partial charge in [-0.15, -0.1) is 4.40 Å². The lowest BCUT2D eigenvalue weighted by Crippen LogP contribution is -2.34. The number of hydrogen-bond acceptors (Lipinski definition) is 4. The Kier molecular flexibility index (Phi) is 5.56. The number of rotatable bonds is 5. The predicted molar refractivity (Wildman–Crippen MR) is 113 cm³/mol. The van der Waals surface area contributed by atoms with E-state index in [0.29, 0.717) is 18.1 Å². The van der Waals surface area contributed by atoms with Crippen molar-refractivity contribution < 1.29 is 13.2 Å². The normalized spacial score (nSPS) is 15.0. The molecule has 1 N–H and O–H groups in total. The van der Waals surface area contributed by atoms with Gasteiger partial charge in [0.05, 0.1) is 5.69 Å². The standard InChI is InChI=1S/C21H25N3O3S/c1-5-6-12-24-16(4)23-28(26,27)19-13-17(10-11-18(19)24)21(25)22-20-14(2)8-7-9-15(20)3/h7-11,13H,5-6,12H2,1-4H3,(H,22,25). The summed E-state index contributed by atoms with van der Waals surface area (Å²) in [5, 5.41) is 2.90. The third kappa shape index (κ3) is 3.80. The fourth-order valence-electron chi connectivity index (χ4n) is 3.33. The van der Waals surface area contributed by atoms with Crippen LogP contribution in [0.3, 0.4) is 0 Å². The van der Waals surface area contributed by atoms with Crippen molar-refractivity contribution in [3.05, 3.63) is 53.1 Å². The molecule has 2 aromatic carbocycles. The average Bonchev–Trinajstić information content (AvgIpc) is 2.64. The van der Waals surface area contributed by atoms with Gasteiger partial charge in [-0.2, -0.15) is 8.42 Å². The summed E-state index contributed by atoms with van der Waals surface area (Å²) >= 11 is 0. The summed E-state index contributed by atoms with van der Waals surface area (Å²) in [5.41, 5.74) is 3.50. The molecule has 1 aliphatic rings. The lowest BCUT2D eigenvalue weighted by atomic mass is 10.1. The van der Waals surface area contributed by atoms with Crippen LogP contribution in [0, 0.1) is 13.8 Å². The van der Waals surface area contributed by atoms with Crippen LogP contribution in [0.4, 0.5) is 11.4 Å². The number of anilines is 2. The van der Waals surface area contributed by atoms with Crippen LogP contribution in [-0.2, 0) is 10.0 Å². The zero-order valence-electron chi connectivity index (χ0n) is 16.6. The SMILES string of the molecule is CCCCN1C(C)=NS(=O)(=O)c2cc(C(=O)Nc3c(C)cccc3C)ccc21. The quantitative estimate of drug-likeness (QED) is 0.814. The van der Waals surface area contributed by atoms with Gasteiger partial charge in [-0.25, -0.2) is 0 Å². The Bertz CT molecular complexity index is 1040. The van der Waals surface area contributed by atoms with Gasteiger partial charge in [-0.05, 0) is 56.5 Å². The van der Waals surface area contributed by atoms with Gasteiger partial charge in [-0.3, -0.25) is 4.79 Å². The summed E-state index contributed by atoms with van der Waals surface area (Å²) in [6.45, 7) is 8.29. The topological polar surface area (TPSA) is 78.8 Å². The first-order valence-corrected chi connectivity index (χ1v) is 10.8. The largest absolute Gasteiger partial charge is 0.328 e. The molecule has 0 atom stereocenters. The number of amides is 1. The van der Waals surface area contributed by atoms with E-state index in [-0.39, 0.29) is 16.4 Å². The van der Waals surface area contributed by atoms with Crippen molar-refractivity contribution in [1.29, 1.82) is 0 Å². The maximum atomic E-state index is 12.8. The molecular formula is C21H25N3O3S. The third-order valence-electron chi connectivity index (χ3n) is 4.89. The molecule has 7 heteroatoms. The maximum absolute atomic E-state index is 12.8. The molecule has 28 heavy (non-hydrogen) atoms. The minimum absolute atomic E-state index is 0.0726. The Morgan fingerprint density at radius 2 is 1.79 bits per heavy atom. The molecule has 1 amide bonds. The van der Waals surface area contributed by atoms with Crippen molar-refractivity contribution in [3.63, 3.8) is 0 Å². The van der Waals surface area contributed by atoms with E-state index < -0.39 is 10.0 Å². The van der Waals surface area contributed by atoms with Crippen LogP contribution in [0.1, 0.15) is 48.2 Å². The fourth-order valence-corrected chi connectivity index (χ4v) is 4.59. The molecule has 0 saturated heterocycles. The van der Waals surface area contributed by atoms with Gasteiger partial charge < -0.3 is 10.2 Å². The molecular weight excluding hydrogens is 374 g/mol. The number of para-hydroxylation sites is 1. The van der Waals surface area contributed by atoms with Gasteiger partial charge in [0, 0.05) is 17.8 Å². The van der Waals surface area contributed by atoms with E-state index in [1.807, 2.05) is 36.9 Å². The van der Waals surface area contributed by atoms with E-state index in [4.69, 9.17) is 0 Å². The van der Waals surface area contributed by atoms with Gasteiger partial charge in [0.2, 0.25) is 0 Å². The Morgan fingerprint density at radius 1 is 1.11 bits per heavy atom. The Balaban J connectivity index is 1.98. The van der Waals surface area contributed by atoms with E-state index in [0.717, 1.165) is 29.7 Å². The van der Waals surface area contributed by atoms with E-state index in [1.165, 1.54) is 6.07 Å². The van der Waals surface area contributed by atoms with Crippen LogP contribution in [0.15, 0.2) is 45.7 Å². The van der Waals surface area contributed by atoms with E-state index in [1.54, 1.807) is 19.1 Å². The maximum Gasteiger partial charge on any atom is 0.286 e. The molecule has 0 aromatic heterocycles. The van der Waals surface area contributed by atoms with E-state index >= 15 is 0 Å².